The second kappa shape index (κ2) is 11.8. The third kappa shape index (κ3) is 8.78. The monoisotopic (exact) mass is 252 g/mol. The molecule has 0 heteroatoms. The van der Waals surface area contributed by atoms with Crippen LogP contribution in [0.15, 0.2) is 12.2 Å². The Bertz CT molecular complexity index is 192. The molecule has 0 radical (unpaired) electrons. The van der Waals surface area contributed by atoms with Gasteiger partial charge in [0.15, 0.2) is 0 Å². The summed E-state index contributed by atoms with van der Waals surface area (Å²) in [7, 11) is 0. The Balaban J connectivity index is 3.56. The molecular weight excluding hydrogens is 216 g/mol. The minimum atomic E-state index is 0.736. The zero-order valence-corrected chi connectivity index (χ0v) is 13.5. The normalized spacial score (nSPS) is 16.9. The molecule has 18 heavy (non-hydrogen) atoms. The summed E-state index contributed by atoms with van der Waals surface area (Å²) >= 11 is 0. The fraction of sp³-hybridized carbons (Fsp3) is 0.889. The first-order chi connectivity index (χ1) is 8.63. The predicted octanol–water partition coefficient (Wildman–Crippen LogP) is 6.61. The molecule has 0 aliphatic carbocycles. The second-order valence-electron chi connectivity index (χ2n) is 6.09. The standard InChI is InChI=1S/C18H36/c1-6-8-9-10-11-12-13-14-15-17(4)18(5)16(3)7-2/h14-18H,6-13H2,1-5H3/b15-14-. The molecule has 0 N–H and O–H groups in total. The first kappa shape index (κ1) is 17.7. The second-order valence-corrected chi connectivity index (χ2v) is 6.09. The molecule has 0 saturated carbocycles. The molecule has 0 heterocycles. The van der Waals surface area contributed by atoms with Crippen LogP contribution in [0.1, 0.15) is 86.0 Å². The van der Waals surface area contributed by atoms with E-state index in [4.69, 9.17) is 0 Å². The average molecular weight is 252 g/mol. The van der Waals surface area contributed by atoms with Gasteiger partial charge in [0.05, 0.1) is 0 Å². The van der Waals surface area contributed by atoms with E-state index in [2.05, 4.69) is 46.8 Å². The Labute approximate surface area is 116 Å². The predicted molar refractivity (Wildman–Crippen MR) is 84.9 cm³/mol. The maximum absolute atomic E-state index is 2.45. The molecule has 0 aliphatic rings. The molecule has 0 fully saturated rings. The van der Waals surface area contributed by atoms with Gasteiger partial charge >= 0.3 is 0 Å². The summed E-state index contributed by atoms with van der Waals surface area (Å²) in [6.45, 7) is 11.7. The van der Waals surface area contributed by atoms with E-state index in [-0.39, 0.29) is 0 Å². The number of unbranched alkanes of at least 4 members (excludes halogenated alkanes) is 6. The van der Waals surface area contributed by atoms with E-state index >= 15 is 0 Å². The number of hydrogen-bond acceptors (Lipinski definition) is 0. The summed E-state index contributed by atoms with van der Waals surface area (Å²) in [4.78, 5) is 0. The van der Waals surface area contributed by atoms with E-state index in [1.54, 1.807) is 0 Å². The van der Waals surface area contributed by atoms with Crippen molar-refractivity contribution in [3.8, 4) is 0 Å². The summed E-state index contributed by atoms with van der Waals surface area (Å²) in [5, 5.41) is 0. The van der Waals surface area contributed by atoms with Gasteiger partial charge in [0.2, 0.25) is 0 Å². The van der Waals surface area contributed by atoms with Crippen LogP contribution in [0.3, 0.4) is 0 Å². The third-order valence-corrected chi connectivity index (χ3v) is 4.53. The molecule has 0 rings (SSSR count). The van der Waals surface area contributed by atoms with Crippen LogP contribution in [-0.2, 0) is 0 Å². The molecule has 0 spiro atoms. The van der Waals surface area contributed by atoms with Gasteiger partial charge in [0.1, 0.15) is 0 Å². The van der Waals surface area contributed by atoms with Gasteiger partial charge in [0, 0.05) is 0 Å². The van der Waals surface area contributed by atoms with Gasteiger partial charge in [-0.3, -0.25) is 0 Å². The largest absolute Gasteiger partial charge is 0.0883 e. The van der Waals surface area contributed by atoms with Crippen LogP contribution in [0.2, 0.25) is 0 Å². The zero-order valence-electron chi connectivity index (χ0n) is 13.5. The maximum Gasteiger partial charge on any atom is -0.0234 e. The Morgan fingerprint density at radius 3 is 2.06 bits per heavy atom. The van der Waals surface area contributed by atoms with Crippen LogP contribution in [0.4, 0.5) is 0 Å². The van der Waals surface area contributed by atoms with Crippen LogP contribution in [0.25, 0.3) is 0 Å². The van der Waals surface area contributed by atoms with E-state index in [9.17, 15) is 0 Å². The Morgan fingerprint density at radius 2 is 1.44 bits per heavy atom. The summed E-state index contributed by atoms with van der Waals surface area (Å²) in [5.74, 6) is 2.40. The van der Waals surface area contributed by atoms with Gasteiger partial charge in [-0.25, -0.2) is 0 Å². The molecule has 3 unspecified atom stereocenters. The average Bonchev–Trinajstić information content (AvgIpc) is 2.39. The van der Waals surface area contributed by atoms with Crippen molar-refractivity contribution in [2.45, 2.75) is 86.0 Å². The van der Waals surface area contributed by atoms with Crippen LogP contribution in [0.5, 0.6) is 0 Å². The minimum Gasteiger partial charge on any atom is -0.0883 e. The summed E-state index contributed by atoms with van der Waals surface area (Å²) in [6, 6.07) is 0. The lowest BCUT2D eigenvalue weighted by atomic mass is 9.83. The van der Waals surface area contributed by atoms with Gasteiger partial charge in [-0.1, -0.05) is 85.3 Å². The lowest BCUT2D eigenvalue weighted by molar-refractivity contribution is 0.312. The first-order valence-electron chi connectivity index (χ1n) is 8.30. The van der Waals surface area contributed by atoms with Gasteiger partial charge in [-0.05, 0) is 30.6 Å². The molecule has 0 aromatic heterocycles. The van der Waals surface area contributed by atoms with Crippen LogP contribution < -0.4 is 0 Å². The lowest BCUT2D eigenvalue weighted by Crippen LogP contribution is -2.14. The SMILES string of the molecule is CCCCCCCC/C=C\C(C)C(C)C(C)CC. The number of allylic oxidation sites excluding steroid dienone is 2. The number of rotatable bonds is 11. The maximum atomic E-state index is 2.45. The van der Waals surface area contributed by atoms with E-state index < -0.39 is 0 Å². The topological polar surface area (TPSA) is 0 Å². The molecule has 0 nitrogen and oxygen atoms in total. The quantitative estimate of drug-likeness (QED) is 0.286. The van der Waals surface area contributed by atoms with Crippen LogP contribution in [0, 0.1) is 17.8 Å². The van der Waals surface area contributed by atoms with Crippen LogP contribution in [-0.4, -0.2) is 0 Å². The van der Waals surface area contributed by atoms with E-state index in [1.165, 1.54) is 51.4 Å². The summed E-state index contributed by atoms with van der Waals surface area (Å²) in [5.41, 5.74) is 0. The highest BCUT2D eigenvalue weighted by Crippen LogP contribution is 2.24. The fourth-order valence-electron chi connectivity index (χ4n) is 2.42. The number of hydrogen-bond donors (Lipinski definition) is 0. The van der Waals surface area contributed by atoms with Gasteiger partial charge in [0.25, 0.3) is 0 Å². The minimum absolute atomic E-state index is 0.736. The molecule has 0 bridgehead atoms. The van der Waals surface area contributed by atoms with Crippen molar-refractivity contribution < 1.29 is 0 Å². The van der Waals surface area contributed by atoms with Crippen molar-refractivity contribution in [2.75, 3.05) is 0 Å². The van der Waals surface area contributed by atoms with Gasteiger partial charge < -0.3 is 0 Å². The smallest absolute Gasteiger partial charge is 0.0234 e. The molecule has 108 valence electrons. The molecule has 3 atom stereocenters. The van der Waals surface area contributed by atoms with E-state index in [1.807, 2.05) is 0 Å². The lowest BCUT2D eigenvalue weighted by Gasteiger charge is -2.22. The molecule has 0 saturated heterocycles. The van der Waals surface area contributed by atoms with Crippen molar-refractivity contribution in [1.29, 1.82) is 0 Å². The first-order valence-corrected chi connectivity index (χ1v) is 8.30. The van der Waals surface area contributed by atoms with Crippen molar-refractivity contribution >= 4 is 0 Å². The Kier molecular flexibility index (Phi) is 11.6. The van der Waals surface area contributed by atoms with Gasteiger partial charge in [-0.2, -0.15) is 0 Å². The Morgan fingerprint density at radius 1 is 0.833 bits per heavy atom. The third-order valence-electron chi connectivity index (χ3n) is 4.53. The molecule has 0 aromatic carbocycles. The Hall–Kier alpha value is -0.260. The highest BCUT2D eigenvalue weighted by atomic mass is 14.2. The zero-order chi connectivity index (χ0) is 13.8. The molecule has 0 aromatic rings. The van der Waals surface area contributed by atoms with E-state index in [0.717, 1.165) is 17.8 Å². The van der Waals surface area contributed by atoms with E-state index in [0.29, 0.717) is 0 Å². The highest BCUT2D eigenvalue weighted by molar-refractivity contribution is 4.89. The fourth-order valence-corrected chi connectivity index (χ4v) is 2.42. The van der Waals surface area contributed by atoms with Gasteiger partial charge in [-0.15, -0.1) is 0 Å². The molecule has 0 amide bonds. The molecular formula is C18H36. The highest BCUT2D eigenvalue weighted by Gasteiger charge is 2.14. The summed E-state index contributed by atoms with van der Waals surface area (Å²) in [6.07, 6.45) is 15.9. The summed E-state index contributed by atoms with van der Waals surface area (Å²) < 4.78 is 0. The van der Waals surface area contributed by atoms with Crippen molar-refractivity contribution in [3.05, 3.63) is 12.2 Å². The van der Waals surface area contributed by atoms with Crippen molar-refractivity contribution in [1.82, 2.24) is 0 Å². The van der Waals surface area contributed by atoms with Crippen molar-refractivity contribution in [2.24, 2.45) is 17.8 Å². The van der Waals surface area contributed by atoms with Crippen molar-refractivity contribution in [3.63, 3.8) is 0 Å². The van der Waals surface area contributed by atoms with Crippen LogP contribution >= 0.6 is 0 Å². The molecule has 0 aliphatic heterocycles.